The van der Waals surface area contributed by atoms with E-state index in [0.717, 1.165) is 49.5 Å². The minimum Gasteiger partial charge on any atom is -0.399 e. The van der Waals surface area contributed by atoms with Crippen molar-refractivity contribution in [2.24, 2.45) is 0 Å². The summed E-state index contributed by atoms with van der Waals surface area (Å²) in [6.07, 6.45) is 25.3. The van der Waals surface area contributed by atoms with Crippen molar-refractivity contribution < 1.29 is 18.6 Å². The Morgan fingerprint density at radius 2 is 0.631 bits per heavy atom. The molecule has 0 aromatic heterocycles. The average Bonchev–Trinajstić information content (AvgIpc) is 3.61. The molecule has 0 atom stereocenters. The number of rotatable bonds is 25. The van der Waals surface area contributed by atoms with Crippen LogP contribution in [-0.2, 0) is 63.6 Å². The van der Waals surface area contributed by atoms with Gasteiger partial charge in [-0.05, 0) is 200 Å². The highest BCUT2D eigenvalue weighted by Gasteiger charge is 2.53. The average molecular weight is 883 g/mol. The summed E-state index contributed by atoms with van der Waals surface area (Å²) < 4.78 is 27.1. The molecule has 0 amide bonds. The van der Waals surface area contributed by atoms with Crippen LogP contribution in [0.2, 0.25) is 0 Å². The summed E-state index contributed by atoms with van der Waals surface area (Å²) in [6.45, 7) is 26.5. The van der Waals surface area contributed by atoms with Crippen molar-refractivity contribution in [3.63, 3.8) is 0 Å². The van der Waals surface area contributed by atoms with Gasteiger partial charge in [-0.25, -0.2) is 0 Å². The van der Waals surface area contributed by atoms with Crippen LogP contribution in [-0.4, -0.2) is 36.6 Å². The van der Waals surface area contributed by atoms with Crippen LogP contribution in [0.15, 0.2) is 60.7 Å². The fraction of sp³-hybridized carbons (Fsp3) is 0.627. The molecule has 2 aliphatic rings. The summed E-state index contributed by atoms with van der Waals surface area (Å²) in [7, 11) is -0.858. The number of fused-ring (bicyclic) bond motifs is 1. The van der Waals surface area contributed by atoms with Crippen LogP contribution in [0, 0.1) is 6.92 Å². The van der Waals surface area contributed by atoms with Gasteiger partial charge in [-0.15, -0.1) is 0 Å². The molecule has 2 heterocycles. The molecule has 2 fully saturated rings. The molecule has 6 heteroatoms. The molecule has 0 bridgehead atoms. The number of benzene rings is 4. The van der Waals surface area contributed by atoms with Gasteiger partial charge < -0.3 is 18.6 Å². The minimum absolute atomic E-state index is 0.422. The standard InChI is InChI=1S/C59H88B2O4/c1-13-16-19-22-27-45-34-44(4)35-46(36-45)30-25-32-50-40-52(60-62-56(5,6)57(7,8)63-60)43-55-51(41-53(42-54(50)55)61-64-58(9,10)59(11,12)65-61)33-26-31-49-38-47(28-23-20-17-14-2)37-48(39-49)29-24-21-18-15-3/h34-43H,13-33H2,1-12H3. The predicted molar refractivity (Wildman–Crippen MR) is 281 cm³/mol. The van der Waals surface area contributed by atoms with Crippen molar-refractivity contribution in [2.45, 2.75) is 240 Å². The lowest BCUT2D eigenvalue weighted by Crippen LogP contribution is -2.41. The van der Waals surface area contributed by atoms with E-state index in [1.807, 2.05) is 0 Å². The first-order chi connectivity index (χ1) is 30.9. The highest BCUT2D eigenvalue weighted by molar-refractivity contribution is 6.63. The van der Waals surface area contributed by atoms with Gasteiger partial charge in [-0.1, -0.05) is 145 Å². The van der Waals surface area contributed by atoms with Gasteiger partial charge in [-0.2, -0.15) is 0 Å². The molecule has 65 heavy (non-hydrogen) atoms. The number of hydrogen-bond donors (Lipinski definition) is 0. The number of aryl methyl sites for hydroxylation is 8. The Bertz CT molecular complexity index is 2090. The Balaban J connectivity index is 1.35. The number of hydrogen-bond acceptors (Lipinski definition) is 4. The van der Waals surface area contributed by atoms with Crippen molar-refractivity contribution >= 4 is 35.9 Å². The van der Waals surface area contributed by atoms with Crippen molar-refractivity contribution in [1.82, 2.24) is 0 Å². The van der Waals surface area contributed by atoms with Gasteiger partial charge in [0.05, 0.1) is 22.4 Å². The van der Waals surface area contributed by atoms with Crippen LogP contribution in [0.1, 0.15) is 211 Å². The van der Waals surface area contributed by atoms with Gasteiger partial charge in [0.15, 0.2) is 0 Å². The SMILES string of the molecule is CCCCCCc1cc(C)cc(CCCc2cc(B3OC(C)(C)C(C)(C)O3)cc3c(CCCc4cc(CCCCCC)cc(CCCCCC)c4)cc(B4OC(C)(C)C(C)(C)O4)cc23)c1. The first-order valence-corrected chi connectivity index (χ1v) is 26.5. The normalized spacial score (nSPS) is 17.5. The molecule has 0 N–H and O–H groups in total. The highest BCUT2D eigenvalue weighted by Crippen LogP contribution is 2.39. The van der Waals surface area contributed by atoms with E-state index in [0.29, 0.717) is 0 Å². The van der Waals surface area contributed by atoms with E-state index >= 15 is 0 Å². The summed E-state index contributed by atoms with van der Waals surface area (Å²) in [4.78, 5) is 0. The summed E-state index contributed by atoms with van der Waals surface area (Å²) >= 11 is 0. The lowest BCUT2D eigenvalue weighted by molar-refractivity contribution is 0.00578. The molecule has 354 valence electrons. The van der Waals surface area contributed by atoms with Crippen LogP contribution >= 0.6 is 0 Å². The van der Waals surface area contributed by atoms with Gasteiger partial charge in [0, 0.05) is 0 Å². The molecular formula is C59H88B2O4. The van der Waals surface area contributed by atoms with Crippen LogP contribution < -0.4 is 10.9 Å². The molecule has 6 rings (SSSR count). The lowest BCUT2D eigenvalue weighted by Gasteiger charge is -2.32. The third-order valence-corrected chi connectivity index (χ3v) is 15.4. The van der Waals surface area contributed by atoms with Gasteiger partial charge >= 0.3 is 14.2 Å². The van der Waals surface area contributed by atoms with Gasteiger partial charge in [0.1, 0.15) is 0 Å². The highest BCUT2D eigenvalue weighted by atomic mass is 16.7. The summed E-state index contributed by atoms with van der Waals surface area (Å²) in [5.41, 5.74) is 12.1. The zero-order valence-corrected chi connectivity index (χ0v) is 43.4. The molecule has 2 aliphatic heterocycles. The molecule has 4 nitrogen and oxygen atoms in total. The topological polar surface area (TPSA) is 36.9 Å². The smallest absolute Gasteiger partial charge is 0.399 e. The second kappa shape index (κ2) is 22.9. The van der Waals surface area contributed by atoms with E-state index in [1.165, 1.54) is 152 Å². The van der Waals surface area contributed by atoms with E-state index in [-0.39, 0.29) is 0 Å². The van der Waals surface area contributed by atoms with E-state index in [4.69, 9.17) is 18.6 Å². The first-order valence-electron chi connectivity index (χ1n) is 26.5. The summed E-state index contributed by atoms with van der Waals surface area (Å²) in [5, 5.41) is 2.61. The molecule has 4 aromatic rings. The minimum atomic E-state index is -0.429. The molecule has 2 saturated heterocycles. The van der Waals surface area contributed by atoms with Crippen LogP contribution in [0.4, 0.5) is 0 Å². The monoisotopic (exact) mass is 883 g/mol. The number of unbranched alkanes of at least 4 members (excludes halogenated alkanes) is 9. The van der Waals surface area contributed by atoms with Crippen molar-refractivity contribution in [2.75, 3.05) is 0 Å². The zero-order chi connectivity index (χ0) is 46.8. The fourth-order valence-corrected chi connectivity index (χ4v) is 10.0. The van der Waals surface area contributed by atoms with Gasteiger partial charge in [0.25, 0.3) is 0 Å². The van der Waals surface area contributed by atoms with E-state index in [2.05, 4.69) is 144 Å². The molecular weight excluding hydrogens is 794 g/mol. The maximum absolute atomic E-state index is 6.78. The Kier molecular flexibility index (Phi) is 18.2. The third-order valence-electron chi connectivity index (χ3n) is 15.4. The van der Waals surface area contributed by atoms with Gasteiger partial charge in [0.2, 0.25) is 0 Å². The lowest BCUT2D eigenvalue weighted by atomic mass is 9.73. The van der Waals surface area contributed by atoms with Crippen LogP contribution in [0.5, 0.6) is 0 Å². The Hall–Kier alpha value is -2.89. The van der Waals surface area contributed by atoms with Crippen molar-refractivity contribution in [3.8, 4) is 0 Å². The van der Waals surface area contributed by atoms with Crippen molar-refractivity contribution in [3.05, 3.63) is 105 Å². The van der Waals surface area contributed by atoms with Crippen LogP contribution in [0.25, 0.3) is 10.8 Å². The molecule has 0 aliphatic carbocycles. The molecule has 0 unspecified atom stereocenters. The van der Waals surface area contributed by atoms with Crippen LogP contribution in [0.3, 0.4) is 0 Å². The van der Waals surface area contributed by atoms with Gasteiger partial charge in [-0.3, -0.25) is 0 Å². The Labute approximate surface area is 398 Å². The Morgan fingerprint density at radius 1 is 0.338 bits per heavy atom. The first kappa shape index (κ1) is 51.5. The molecule has 0 radical (unpaired) electrons. The molecule has 4 aromatic carbocycles. The zero-order valence-electron chi connectivity index (χ0n) is 43.4. The van der Waals surface area contributed by atoms with Crippen molar-refractivity contribution in [1.29, 1.82) is 0 Å². The fourth-order valence-electron chi connectivity index (χ4n) is 10.0. The Morgan fingerprint density at radius 3 is 0.938 bits per heavy atom. The summed E-state index contributed by atoms with van der Waals surface area (Å²) in [5.74, 6) is 0. The second-order valence-corrected chi connectivity index (χ2v) is 22.3. The second-order valence-electron chi connectivity index (χ2n) is 22.3. The van der Waals surface area contributed by atoms with E-state index in [1.54, 1.807) is 0 Å². The molecule has 0 spiro atoms. The third kappa shape index (κ3) is 13.6. The quantitative estimate of drug-likeness (QED) is 0.0491. The molecule has 0 saturated carbocycles. The summed E-state index contributed by atoms with van der Waals surface area (Å²) in [6, 6.07) is 24.4. The van der Waals surface area contributed by atoms with E-state index in [9.17, 15) is 0 Å². The maximum Gasteiger partial charge on any atom is 0.494 e. The maximum atomic E-state index is 6.78. The van der Waals surface area contributed by atoms with E-state index < -0.39 is 36.6 Å². The predicted octanol–water partition coefficient (Wildman–Crippen LogP) is 14.5. The largest absolute Gasteiger partial charge is 0.494 e.